The Kier molecular flexibility index (Phi) is 4.05. The van der Waals surface area contributed by atoms with E-state index in [0.717, 1.165) is 36.5 Å². The molecule has 1 atom stereocenters. The second-order valence-corrected chi connectivity index (χ2v) is 6.24. The lowest BCUT2D eigenvalue weighted by Crippen LogP contribution is -2.39. The highest BCUT2D eigenvalue weighted by Crippen LogP contribution is 2.28. The minimum atomic E-state index is 0.516. The van der Waals surface area contributed by atoms with Gasteiger partial charge in [-0.2, -0.15) is 5.10 Å². The van der Waals surface area contributed by atoms with Crippen LogP contribution in [0.15, 0.2) is 12.5 Å². The molecule has 1 unspecified atom stereocenters. The van der Waals surface area contributed by atoms with Crippen LogP contribution in [0.25, 0.3) is 11.0 Å². The fourth-order valence-corrected chi connectivity index (χ4v) is 3.04. The molecule has 0 aromatic carbocycles. The molecular weight excluding hydrogens is 264 g/mol. The topological polar surface area (TPSA) is 58.9 Å². The van der Waals surface area contributed by atoms with Crippen LogP contribution in [-0.2, 0) is 7.05 Å². The Morgan fingerprint density at radius 3 is 3.05 bits per heavy atom. The Labute approximate surface area is 125 Å². The first-order valence-corrected chi connectivity index (χ1v) is 7.77. The van der Waals surface area contributed by atoms with E-state index >= 15 is 0 Å². The van der Waals surface area contributed by atoms with Gasteiger partial charge >= 0.3 is 0 Å². The summed E-state index contributed by atoms with van der Waals surface area (Å²) < 4.78 is 1.81. The number of rotatable bonds is 5. The summed E-state index contributed by atoms with van der Waals surface area (Å²) in [6.45, 7) is 7.63. The van der Waals surface area contributed by atoms with Crippen LogP contribution in [0.4, 0.5) is 5.82 Å². The largest absolute Gasteiger partial charge is 0.352 e. The molecule has 0 spiro atoms. The van der Waals surface area contributed by atoms with Crippen LogP contribution in [0.5, 0.6) is 0 Å². The third-order valence-electron chi connectivity index (χ3n) is 4.09. The Morgan fingerprint density at radius 1 is 1.38 bits per heavy atom. The SMILES string of the molecule is CC(C)CNCC1CCCN1c1ncnc2c1cnn2C. The van der Waals surface area contributed by atoms with Crippen molar-refractivity contribution in [2.24, 2.45) is 13.0 Å². The average molecular weight is 288 g/mol. The highest BCUT2D eigenvalue weighted by Gasteiger charge is 2.27. The normalized spacial score (nSPS) is 19.0. The molecule has 1 saturated heterocycles. The molecule has 1 aliphatic heterocycles. The Bertz CT molecular complexity index is 605. The molecule has 1 aliphatic rings. The van der Waals surface area contributed by atoms with Crippen molar-refractivity contribution in [3.63, 3.8) is 0 Å². The van der Waals surface area contributed by atoms with Gasteiger partial charge < -0.3 is 10.2 Å². The summed E-state index contributed by atoms with van der Waals surface area (Å²) in [5, 5.41) is 8.94. The Morgan fingerprint density at radius 2 is 2.24 bits per heavy atom. The van der Waals surface area contributed by atoms with Crippen molar-refractivity contribution in [1.29, 1.82) is 0 Å². The minimum absolute atomic E-state index is 0.516. The molecule has 0 bridgehead atoms. The third-order valence-corrected chi connectivity index (χ3v) is 4.09. The molecule has 114 valence electrons. The van der Waals surface area contributed by atoms with Crippen molar-refractivity contribution < 1.29 is 0 Å². The van der Waals surface area contributed by atoms with Gasteiger partial charge in [-0.05, 0) is 25.3 Å². The summed E-state index contributed by atoms with van der Waals surface area (Å²) in [6, 6.07) is 0.516. The second-order valence-electron chi connectivity index (χ2n) is 6.24. The lowest BCUT2D eigenvalue weighted by atomic mass is 10.2. The molecule has 0 radical (unpaired) electrons. The van der Waals surface area contributed by atoms with Crippen molar-refractivity contribution >= 4 is 16.9 Å². The van der Waals surface area contributed by atoms with E-state index in [0.29, 0.717) is 12.0 Å². The molecule has 0 aliphatic carbocycles. The van der Waals surface area contributed by atoms with Gasteiger partial charge in [0.1, 0.15) is 12.1 Å². The quantitative estimate of drug-likeness (QED) is 0.905. The molecular formula is C15H24N6. The maximum absolute atomic E-state index is 4.53. The molecule has 6 heteroatoms. The van der Waals surface area contributed by atoms with Gasteiger partial charge in [-0.1, -0.05) is 13.8 Å². The predicted octanol–water partition coefficient (Wildman–Crippen LogP) is 1.58. The Balaban J connectivity index is 1.80. The molecule has 1 N–H and O–H groups in total. The molecule has 21 heavy (non-hydrogen) atoms. The van der Waals surface area contributed by atoms with E-state index in [1.807, 2.05) is 17.9 Å². The summed E-state index contributed by atoms with van der Waals surface area (Å²) >= 11 is 0. The van der Waals surface area contributed by atoms with E-state index in [-0.39, 0.29) is 0 Å². The summed E-state index contributed by atoms with van der Waals surface area (Å²) in [6.07, 6.45) is 5.97. The maximum Gasteiger partial charge on any atom is 0.163 e. The lowest BCUT2D eigenvalue weighted by molar-refractivity contribution is 0.511. The van der Waals surface area contributed by atoms with Gasteiger partial charge in [-0.3, -0.25) is 4.68 Å². The number of fused-ring (bicyclic) bond motifs is 1. The number of hydrogen-bond acceptors (Lipinski definition) is 5. The van der Waals surface area contributed by atoms with Gasteiger partial charge in [0.2, 0.25) is 0 Å². The molecule has 0 amide bonds. The van der Waals surface area contributed by atoms with Gasteiger partial charge in [0.25, 0.3) is 0 Å². The lowest BCUT2D eigenvalue weighted by Gasteiger charge is -2.26. The third kappa shape index (κ3) is 2.85. The highest BCUT2D eigenvalue weighted by molar-refractivity contribution is 5.86. The number of anilines is 1. The van der Waals surface area contributed by atoms with Crippen LogP contribution in [0, 0.1) is 5.92 Å². The number of aryl methyl sites for hydroxylation is 1. The maximum atomic E-state index is 4.53. The van der Waals surface area contributed by atoms with Gasteiger partial charge in [0.05, 0.1) is 11.6 Å². The van der Waals surface area contributed by atoms with E-state index in [2.05, 4.69) is 39.1 Å². The van der Waals surface area contributed by atoms with E-state index in [4.69, 9.17) is 0 Å². The summed E-state index contributed by atoms with van der Waals surface area (Å²) in [5.41, 5.74) is 0.904. The fraction of sp³-hybridized carbons (Fsp3) is 0.667. The van der Waals surface area contributed by atoms with Gasteiger partial charge in [-0.25, -0.2) is 9.97 Å². The molecule has 2 aromatic rings. The monoisotopic (exact) mass is 288 g/mol. The second kappa shape index (κ2) is 5.97. The highest BCUT2D eigenvalue weighted by atomic mass is 15.3. The van der Waals surface area contributed by atoms with Crippen LogP contribution in [0.1, 0.15) is 26.7 Å². The zero-order valence-corrected chi connectivity index (χ0v) is 13.1. The van der Waals surface area contributed by atoms with Crippen molar-refractivity contribution in [3.05, 3.63) is 12.5 Å². The zero-order valence-electron chi connectivity index (χ0n) is 13.1. The van der Waals surface area contributed by atoms with E-state index in [9.17, 15) is 0 Å². The van der Waals surface area contributed by atoms with E-state index in [1.54, 1.807) is 6.33 Å². The van der Waals surface area contributed by atoms with Gasteiger partial charge in [0.15, 0.2) is 5.65 Å². The van der Waals surface area contributed by atoms with Crippen LogP contribution < -0.4 is 10.2 Å². The molecule has 0 saturated carbocycles. The smallest absolute Gasteiger partial charge is 0.163 e. The molecule has 3 rings (SSSR count). The first-order valence-electron chi connectivity index (χ1n) is 7.77. The number of nitrogens with one attached hydrogen (secondary N) is 1. The first kappa shape index (κ1) is 14.3. The van der Waals surface area contributed by atoms with Crippen LogP contribution in [0.2, 0.25) is 0 Å². The number of hydrogen-bond donors (Lipinski definition) is 1. The van der Waals surface area contributed by atoms with Crippen LogP contribution in [0.3, 0.4) is 0 Å². The summed E-state index contributed by atoms with van der Waals surface area (Å²) in [4.78, 5) is 11.3. The van der Waals surface area contributed by atoms with Crippen molar-refractivity contribution in [2.75, 3.05) is 24.5 Å². The summed E-state index contributed by atoms with van der Waals surface area (Å²) in [7, 11) is 1.92. The molecule has 2 aromatic heterocycles. The minimum Gasteiger partial charge on any atom is -0.352 e. The fourth-order valence-electron chi connectivity index (χ4n) is 3.04. The van der Waals surface area contributed by atoms with Crippen molar-refractivity contribution in [2.45, 2.75) is 32.7 Å². The molecule has 3 heterocycles. The van der Waals surface area contributed by atoms with Gasteiger partial charge in [-0.15, -0.1) is 0 Å². The van der Waals surface area contributed by atoms with E-state index in [1.165, 1.54) is 12.8 Å². The first-order chi connectivity index (χ1) is 10.2. The molecule has 6 nitrogen and oxygen atoms in total. The van der Waals surface area contributed by atoms with Crippen molar-refractivity contribution in [1.82, 2.24) is 25.1 Å². The van der Waals surface area contributed by atoms with Gasteiger partial charge in [0, 0.05) is 26.2 Å². The van der Waals surface area contributed by atoms with Crippen LogP contribution in [-0.4, -0.2) is 45.4 Å². The molecule has 1 fully saturated rings. The summed E-state index contributed by atoms with van der Waals surface area (Å²) in [5.74, 6) is 1.71. The predicted molar refractivity (Wildman–Crippen MR) is 84.4 cm³/mol. The average Bonchev–Trinajstić information content (AvgIpc) is 3.06. The van der Waals surface area contributed by atoms with Crippen molar-refractivity contribution in [3.8, 4) is 0 Å². The Hall–Kier alpha value is -1.69. The number of nitrogens with zero attached hydrogens (tertiary/aromatic N) is 5. The van der Waals surface area contributed by atoms with E-state index < -0.39 is 0 Å². The zero-order chi connectivity index (χ0) is 14.8. The van der Waals surface area contributed by atoms with Crippen LogP contribution >= 0.6 is 0 Å². The number of aromatic nitrogens is 4. The standard InChI is InChI=1S/C15H24N6/c1-11(2)7-16-8-12-5-4-6-21(12)15-13-9-19-20(3)14(13)17-10-18-15/h9-12,16H,4-8H2,1-3H3.